The fraction of sp³-hybridized carbons (Fsp3) is 0.278. The van der Waals surface area contributed by atoms with Crippen LogP contribution in [0.25, 0.3) is 11.4 Å². The molecule has 1 aromatic heterocycles. The van der Waals surface area contributed by atoms with Crippen LogP contribution in [0.5, 0.6) is 5.75 Å². The lowest BCUT2D eigenvalue weighted by molar-refractivity contribution is 0.0846. The van der Waals surface area contributed by atoms with Crippen LogP contribution in [0.4, 0.5) is 0 Å². The number of aliphatic hydroxyl groups is 1. The number of nitrogens with zero attached hydrogens (tertiary/aromatic N) is 4. The minimum absolute atomic E-state index is 0.155. The highest BCUT2D eigenvalue weighted by Crippen LogP contribution is 2.19. The maximum absolute atomic E-state index is 10.2. The Morgan fingerprint density at radius 1 is 1.16 bits per heavy atom. The average Bonchev–Trinajstić information content (AvgIpc) is 3.05. The largest absolute Gasteiger partial charge is 0.491 e. The Morgan fingerprint density at radius 3 is 2.68 bits per heavy atom. The Hall–Kier alpha value is -2.44. The summed E-state index contributed by atoms with van der Waals surface area (Å²) < 4.78 is 5.70. The highest BCUT2D eigenvalue weighted by molar-refractivity contribution is 6.30. The molecule has 25 heavy (non-hydrogen) atoms. The van der Waals surface area contributed by atoms with E-state index in [0.717, 1.165) is 22.4 Å². The van der Waals surface area contributed by atoms with E-state index in [1.165, 1.54) is 4.80 Å². The van der Waals surface area contributed by atoms with E-state index in [-0.39, 0.29) is 13.2 Å². The molecular weight excluding hydrogens is 340 g/mol. The minimum Gasteiger partial charge on any atom is -0.491 e. The third-order valence-electron chi connectivity index (χ3n) is 3.70. The molecule has 0 aliphatic heterocycles. The quantitative estimate of drug-likeness (QED) is 0.733. The summed E-state index contributed by atoms with van der Waals surface area (Å²) in [4.78, 5) is 1.36. The van der Waals surface area contributed by atoms with Crippen molar-refractivity contribution in [3.8, 4) is 17.1 Å². The van der Waals surface area contributed by atoms with E-state index >= 15 is 0 Å². The van der Waals surface area contributed by atoms with E-state index in [1.54, 1.807) is 12.1 Å². The number of ether oxygens (including phenoxy) is 1. The maximum atomic E-state index is 10.2. The molecule has 130 valence electrons. The number of aryl methyl sites for hydroxylation is 2. The van der Waals surface area contributed by atoms with Gasteiger partial charge in [-0.2, -0.15) is 4.80 Å². The van der Waals surface area contributed by atoms with Crippen LogP contribution in [-0.2, 0) is 6.54 Å². The van der Waals surface area contributed by atoms with Crippen LogP contribution in [0.2, 0.25) is 5.02 Å². The van der Waals surface area contributed by atoms with Crippen molar-refractivity contribution < 1.29 is 9.84 Å². The van der Waals surface area contributed by atoms with E-state index in [1.807, 2.05) is 44.2 Å². The predicted octanol–water partition coefficient (Wildman–Crippen LogP) is 3.05. The lowest BCUT2D eigenvalue weighted by Crippen LogP contribution is -2.25. The van der Waals surface area contributed by atoms with Crippen LogP contribution in [-0.4, -0.2) is 38.0 Å². The van der Waals surface area contributed by atoms with E-state index < -0.39 is 6.10 Å². The maximum Gasteiger partial charge on any atom is 0.204 e. The summed E-state index contributed by atoms with van der Waals surface area (Å²) in [6, 6.07) is 13.2. The second-order valence-corrected chi connectivity index (χ2v) is 6.35. The topological polar surface area (TPSA) is 73.1 Å². The van der Waals surface area contributed by atoms with Crippen molar-refractivity contribution in [1.82, 2.24) is 20.2 Å². The van der Waals surface area contributed by atoms with Crippen LogP contribution >= 0.6 is 11.6 Å². The van der Waals surface area contributed by atoms with Gasteiger partial charge in [-0.1, -0.05) is 23.7 Å². The predicted molar refractivity (Wildman–Crippen MR) is 95.7 cm³/mol. The average molecular weight is 359 g/mol. The molecule has 7 heteroatoms. The Balaban J connectivity index is 1.59. The number of hydrogen-bond donors (Lipinski definition) is 1. The summed E-state index contributed by atoms with van der Waals surface area (Å²) in [5.74, 6) is 1.26. The highest BCUT2D eigenvalue weighted by atomic mass is 35.5. The summed E-state index contributed by atoms with van der Waals surface area (Å²) in [6.07, 6.45) is -0.743. The van der Waals surface area contributed by atoms with Gasteiger partial charge in [0.25, 0.3) is 0 Å². The Labute approximate surface area is 151 Å². The van der Waals surface area contributed by atoms with Crippen LogP contribution in [0.15, 0.2) is 42.5 Å². The number of benzene rings is 2. The van der Waals surface area contributed by atoms with Gasteiger partial charge in [0.15, 0.2) is 0 Å². The minimum atomic E-state index is -0.743. The van der Waals surface area contributed by atoms with E-state index in [9.17, 15) is 5.11 Å². The summed E-state index contributed by atoms with van der Waals surface area (Å²) >= 11 is 5.87. The second kappa shape index (κ2) is 7.63. The fourth-order valence-corrected chi connectivity index (χ4v) is 2.45. The molecule has 1 atom stereocenters. The first-order valence-corrected chi connectivity index (χ1v) is 8.31. The standard InChI is InChI=1S/C18H19ClN4O2/c1-12-3-4-13(2)17(9-12)25-11-16(24)10-23-21-18(20-22-23)14-5-7-15(19)8-6-14/h3-9,16,24H,10-11H2,1-2H3. The van der Waals surface area contributed by atoms with Crippen molar-refractivity contribution in [1.29, 1.82) is 0 Å². The van der Waals surface area contributed by atoms with Gasteiger partial charge in [0.1, 0.15) is 18.5 Å². The van der Waals surface area contributed by atoms with Crippen molar-refractivity contribution in [3.05, 3.63) is 58.6 Å². The zero-order chi connectivity index (χ0) is 17.8. The summed E-state index contributed by atoms with van der Waals surface area (Å²) in [5, 5.41) is 23.1. The van der Waals surface area contributed by atoms with Crippen molar-refractivity contribution in [2.75, 3.05) is 6.61 Å². The molecule has 2 aromatic carbocycles. The van der Waals surface area contributed by atoms with E-state index in [4.69, 9.17) is 16.3 Å². The molecular formula is C18H19ClN4O2. The Morgan fingerprint density at radius 2 is 1.92 bits per heavy atom. The molecule has 0 bridgehead atoms. The normalized spacial score (nSPS) is 12.2. The SMILES string of the molecule is Cc1ccc(C)c(OCC(O)Cn2nnc(-c3ccc(Cl)cc3)n2)c1. The first kappa shape index (κ1) is 17.4. The fourth-order valence-electron chi connectivity index (χ4n) is 2.33. The van der Waals surface area contributed by atoms with E-state index in [0.29, 0.717) is 10.8 Å². The van der Waals surface area contributed by atoms with Gasteiger partial charge in [0, 0.05) is 10.6 Å². The highest BCUT2D eigenvalue weighted by Gasteiger charge is 2.12. The zero-order valence-electron chi connectivity index (χ0n) is 14.1. The number of aliphatic hydroxyl groups excluding tert-OH is 1. The van der Waals surface area contributed by atoms with Crippen LogP contribution in [0.1, 0.15) is 11.1 Å². The molecule has 0 spiro atoms. The molecule has 6 nitrogen and oxygen atoms in total. The monoisotopic (exact) mass is 358 g/mol. The van der Waals surface area contributed by atoms with Crippen LogP contribution < -0.4 is 4.74 Å². The van der Waals surface area contributed by atoms with Gasteiger partial charge >= 0.3 is 0 Å². The van der Waals surface area contributed by atoms with Gasteiger partial charge in [0.2, 0.25) is 5.82 Å². The molecule has 0 aliphatic carbocycles. The molecule has 0 saturated carbocycles. The van der Waals surface area contributed by atoms with Crippen molar-refractivity contribution >= 4 is 11.6 Å². The smallest absolute Gasteiger partial charge is 0.204 e. The molecule has 0 radical (unpaired) electrons. The van der Waals surface area contributed by atoms with Crippen molar-refractivity contribution in [2.45, 2.75) is 26.5 Å². The number of tetrazole rings is 1. The molecule has 1 unspecified atom stereocenters. The lowest BCUT2D eigenvalue weighted by atomic mass is 10.1. The summed E-state index contributed by atoms with van der Waals surface area (Å²) in [7, 11) is 0. The number of rotatable bonds is 6. The Kier molecular flexibility index (Phi) is 5.31. The third-order valence-corrected chi connectivity index (χ3v) is 3.96. The lowest BCUT2D eigenvalue weighted by Gasteiger charge is -2.13. The van der Waals surface area contributed by atoms with Crippen LogP contribution in [0, 0.1) is 13.8 Å². The van der Waals surface area contributed by atoms with Gasteiger partial charge in [0.05, 0.1) is 6.54 Å². The first-order chi connectivity index (χ1) is 12.0. The van der Waals surface area contributed by atoms with Crippen molar-refractivity contribution in [2.24, 2.45) is 0 Å². The summed E-state index contributed by atoms with van der Waals surface area (Å²) in [6.45, 7) is 4.33. The molecule has 0 fully saturated rings. The van der Waals surface area contributed by atoms with E-state index in [2.05, 4.69) is 15.4 Å². The first-order valence-electron chi connectivity index (χ1n) is 7.93. The number of hydrogen-bond acceptors (Lipinski definition) is 5. The molecule has 3 rings (SSSR count). The van der Waals surface area contributed by atoms with Gasteiger partial charge < -0.3 is 9.84 Å². The van der Waals surface area contributed by atoms with Crippen molar-refractivity contribution in [3.63, 3.8) is 0 Å². The Bertz CT molecular complexity index is 849. The third kappa shape index (κ3) is 4.55. The number of aromatic nitrogens is 4. The molecule has 0 saturated heterocycles. The molecule has 0 aliphatic rings. The van der Waals surface area contributed by atoms with Gasteiger partial charge in [-0.25, -0.2) is 0 Å². The second-order valence-electron chi connectivity index (χ2n) is 5.91. The van der Waals surface area contributed by atoms with Gasteiger partial charge in [-0.05, 0) is 60.5 Å². The molecule has 1 heterocycles. The van der Waals surface area contributed by atoms with Crippen LogP contribution in [0.3, 0.4) is 0 Å². The summed E-state index contributed by atoms with van der Waals surface area (Å²) in [5.41, 5.74) is 2.96. The van der Waals surface area contributed by atoms with Gasteiger partial charge in [-0.15, -0.1) is 10.2 Å². The molecule has 3 aromatic rings. The number of halogens is 1. The zero-order valence-corrected chi connectivity index (χ0v) is 14.8. The molecule has 0 amide bonds. The van der Waals surface area contributed by atoms with Gasteiger partial charge in [-0.3, -0.25) is 0 Å². The molecule has 1 N–H and O–H groups in total.